The van der Waals surface area contributed by atoms with Gasteiger partial charge in [0.15, 0.2) is 0 Å². The van der Waals surface area contributed by atoms with Gasteiger partial charge in [-0.15, -0.1) is 0 Å². The smallest absolute Gasteiger partial charge is 0.335 e. The van der Waals surface area contributed by atoms with Crippen LogP contribution in [0.1, 0.15) is 16.1 Å². The third-order valence-electron chi connectivity index (χ3n) is 4.20. The molecule has 0 aliphatic carbocycles. The van der Waals surface area contributed by atoms with Crippen LogP contribution in [0.25, 0.3) is 5.69 Å². The van der Waals surface area contributed by atoms with Gasteiger partial charge < -0.3 is 5.11 Å². The maximum atomic E-state index is 12.8. The van der Waals surface area contributed by atoms with Gasteiger partial charge in [0.05, 0.1) is 21.8 Å². The summed E-state index contributed by atoms with van der Waals surface area (Å²) in [6.07, 6.45) is 0. The van der Waals surface area contributed by atoms with Crippen molar-refractivity contribution in [1.29, 1.82) is 0 Å². The Kier molecular flexibility index (Phi) is 4.63. The van der Waals surface area contributed by atoms with E-state index in [1.807, 2.05) is 6.07 Å². The highest BCUT2D eigenvalue weighted by molar-refractivity contribution is 7.92. The van der Waals surface area contributed by atoms with Gasteiger partial charge >= 0.3 is 5.97 Å². The SMILES string of the molecule is Cc1c(NS(=O)(=O)c2ccc(C(=O)O)cc2)c(=O)n(-c2ccccc2)n1C. The number of rotatable bonds is 5. The number of nitrogens with zero attached hydrogens (tertiary/aromatic N) is 2. The van der Waals surface area contributed by atoms with Gasteiger partial charge in [-0.3, -0.25) is 14.2 Å². The second kappa shape index (κ2) is 6.76. The van der Waals surface area contributed by atoms with Crippen molar-refractivity contribution in [2.45, 2.75) is 11.8 Å². The number of benzene rings is 2. The number of para-hydroxylation sites is 1. The summed E-state index contributed by atoms with van der Waals surface area (Å²) in [5.74, 6) is -1.16. The van der Waals surface area contributed by atoms with Crippen molar-refractivity contribution in [2.24, 2.45) is 7.05 Å². The number of anilines is 1. The summed E-state index contributed by atoms with van der Waals surface area (Å²) in [4.78, 5) is 23.6. The minimum Gasteiger partial charge on any atom is -0.478 e. The summed E-state index contributed by atoms with van der Waals surface area (Å²) in [5.41, 5.74) is 0.436. The number of nitrogens with one attached hydrogen (secondary N) is 1. The molecule has 2 N–H and O–H groups in total. The first-order valence-corrected chi connectivity index (χ1v) is 9.41. The summed E-state index contributed by atoms with van der Waals surface area (Å²) in [6, 6.07) is 13.6. The molecule has 0 spiro atoms. The first-order valence-electron chi connectivity index (χ1n) is 7.92. The lowest BCUT2D eigenvalue weighted by Crippen LogP contribution is -2.23. The fourth-order valence-electron chi connectivity index (χ4n) is 2.66. The summed E-state index contributed by atoms with van der Waals surface area (Å²) < 4.78 is 30.5. The maximum absolute atomic E-state index is 12.8. The lowest BCUT2D eigenvalue weighted by Gasteiger charge is -2.07. The van der Waals surface area contributed by atoms with E-state index in [1.54, 1.807) is 42.9 Å². The Labute approximate surface area is 155 Å². The van der Waals surface area contributed by atoms with Gasteiger partial charge in [-0.25, -0.2) is 17.9 Å². The lowest BCUT2D eigenvalue weighted by atomic mass is 10.2. The van der Waals surface area contributed by atoms with Crippen LogP contribution in [0, 0.1) is 6.92 Å². The zero-order valence-electron chi connectivity index (χ0n) is 14.6. The Morgan fingerprint density at radius 2 is 1.63 bits per heavy atom. The van der Waals surface area contributed by atoms with E-state index in [-0.39, 0.29) is 16.1 Å². The maximum Gasteiger partial charge on any atom is 0.335 e. The molecule has 0 radical (unpaired) electrons. The molecule has 3 rings (SSSR count). The van der Waals surface area contributed by atoms with Crippen molar-refractivity contribution >= 4 is 21.7 Å². The standard InChI is InChI=1S/C18H17N3O5S/c1-12-16(17(22)21(20(12)2)14-6-4-3-5-7-14)19-27(25,26)15-10-8-13(9-11-15)18(23)24/h3-11,19H,1-2H3,(H,23,24). The minimum atomic E-state index is -4.06. The number of hydrogen-bond acceptors (Lipinski definition) is 4. The normalized spacial score (nSPS) is 11.3. The van der Waals surface area contributed by atoms with Crippen LogP contribution in [0.3, 0.4) is 0 Å². The van der Waals surface area contributed by atoms with E-state index in [2.05, 4.69) is 4.72 Å². The van der Waals surface area contributed by atoms with Crippen molar-refractivity contribution in [3.05, 3.63) is 76.2 Å². The Morgan fingerprint density at radius 3 is 2.19 bits per heavy atom. The van der Waals surface area contributed by atoms with E-state index in [9.17, 15) is 18.0 Å². The summed E-state index contributed by atoms with van der Waals surface area (Å²) in [6.45, 7) is 1.63. The van der Waals surface area contributed by atoms with E-state index < -0.39 is 21.6 Å². The second-order valence-corrected chi connectivity index (χ2v) is 7.55. The molecule has 1 aromatic heterocycles. The van der Waals surface area contributed by atoms with Crippen LogP contribution in [0.15, 0.2) is 64.3 Å². The lowest BCUT2D eigenvalue weighted by molar-refractivity contribution is 0.0696. The number of hydrogen-bond donors (Lipinski definition) is 2. The van der Waals surface area contributed by atoms with Crippen molar-refractivity contribution in [3.8, 4) is 5.69 Å². The molecule has 0 aliphatic heterocycles. The van der Waals surface area contributed by atoms with Crippen LogP contribution < -0.4 is 10.3 Å². The van der Waals surface area contributed by atoms with Gasteiger partial charge in [-0.1, -0.05) is 18.2 Å². The molecule has 0 saturated carbocycles. The van der Waals surface area contributed by atoms with Crippen LogP contribution in [0.5, 0.6) is 0 Å². The molecule has 1 heterocycles. The summed E-state index contributed by atoms with van der Waals surface area (Å²) in [7, 11) is -2.40. The molecule has 0 atom stereocenters. The highest BCUT2D eigenvalue weighted by Crippen LogP contribution is 2.19. The fourth-order valence-corrected chi connectivity index (χ4v) is 3.77. The van der Waals surface area contributed by atoms with Crippen molar-refractivity contribution in [1.82, 2.24) is 9.36 Å². The third kappa shape index (κ3) is 3.36. The molecule has 0 amide bonds. The molecule has 140 valence electrons. The molecule has 8 nitrogen and oxygen atoms in total. The van der Waals surface area contributed by atoms with Gasteiger partial charge in [0.25, 0.3) is 15.6 Å². The molecule has 3 aromatic rings. The second-order valence-electron chi connectivity index (χ2n) is 5.87. The number of aromatic nitrogens is 2. The summed E-state index contributed by atoms with van der Waals surface area (Å²) >= 11 is 0. The van der Waals surface area contributed by atoms with Gasteiger partial charge in [0.1, 0.15) is 5.69 Å². The number of carboxylic acid groups (broad SMARTS) is 1. The van der Waals surface area contributed by atoms with E-state index in [1.165, 1.54) is 28.9 Å². The van der Waals surface area contributed by atoms with Crippen LogP contribution >= 0.6 is 0 Å². The van der Waals surface area contributed by atoms with Crippen LogP contribution in [0.2, 0.25) is 0 Å². The zero-order chi connectivity index (χ0) is 19.8. The molecule has 0 fully saturated rings. The fraction of sp³-hybridized carbons (Fsp3) is 0.111. The minimum absolute atomic E-state index is 0.0312. The molecular weight excluding hydrogens is 370 g/mol. The molecular formula is C18H17N3O5S. The highest BCUT2D eigenvalue weighted by Gasteiger charge is 2.22. The van der Waals surface area contributed by atoms with Crippen LogP contribution in [0.4, 0.5) is 5.69 Å². The number of sulfonamides is 1. The zero-order valence-corrected chi connectivity index (χ0v) is 15.4. The average molecular weight is 387 g/mol. The molecule has 2 aromatic carbocycles. The monoisotopic (exact) mass is 387 g/mol. The van der Waals surface area contributed by atoms with Gasteiger partial charge in [0.2, 0.25) is 0 Å². The Hall–Kier alpha value is -3.33. The van der Waals surface area contributed by atoms with Crippen LogP contribution in [-0.4, -0.2) is 28.9 Å². The molecule has 0 bridgehead atoms. The first-order chi connectivity index (χ1) is 12.7. The predicted molar refractivity (Wildman–Crippen MR) is 100.0 cm³/mol. The van der Waals surface area contributed by atoms with Gasteiger partial charge in [-0.05, 0) is 43.3 Å². The highest BCUT2D eigenvalue weighted by atomic mass is 32.2. The van der Waals surface area contributed by atoms with Gasteiger partial charge in [0, 0.05) is 7.05 Å². The Bertz CT molecular complexity index is 1160. The van der Waals surface area contributed by atoms with Crippen molar-refractivity contribution < 1.29 is 18.3 Å². The Balaban J connectivity index is 2.03. The largest absolute Gasteiger partial charge is 0.478 e. The number of carbonyl (C=O) groups is 1. The Morgan fingerprint density at radius 1 is 1.04 bits per heavy atom. The van der Waals surface area contributed by atoms with Crippen LogP contribution in [-0.2, 0) is 17.1 Å². The summed E-state index contributed by atoms with van der Waals surface area (Å²) in [5, 5.41) is 8.92. The molecule has 0 aliphatic rings. The molecule has 9 heteroatoms. The third-order valence-corrected chi connectivity index (χ3v) is 5.57. The molecule has 27 heavy (non-hydrogen) atoms. The van der Waals surface area contributed by atoms with E-state index in [0.717, 1.165) is 0 Å². The van der Waals surface area contributed by atoms with Crippen molar-refractivity contribution in [2.75, 3.05) is 4.72 Å². The van der Waals surface area contributed by atoms with E-state index in [0.29, 0.717) is 11.4 Å². The molecule has 0 unspecified atom stereocenters. The molecule has 0 saturated heterocycles. The van der Waals surface area contributed by atoms with Crippen molar-refractivity contribution in [3.63, 3.8) is 0 Å². The average Bonchev–Trinajstić information content (AvgIpc) is 2.85. The topological polar surface area (TPSA) is 110 Å². The van der Waals surface area contributed by atoms with Gasteiger partial charge in [-0.2, -0.15) is 0 Å². The van der Waals surface area contributed by atoms with E-state index >= 15 is 0 Å². The number of carboxylic acids is 1. The van der Waals surface area contributed by atoms with E-state index in [4.69, 9.17) is 5.11 Å². The number of aromatic carboxylic acids is 1. The predicted octanol–water partition coefficient (Wildman–Crippen LogP) is 1.98. The quantitative estimate of drug-likeness (QED) is 0.696. The first kappa shape index (κ1) is 18.5.